The van der Waals surface area contributed by atoms with E-state index in [-0.39, 0.29) is 30.9 Å². The first-order valence-electron chi connectivity index (χ1n) is 6.39. The molecule has 0 radical (unpaired) electrons. The third kappa shape index (κ3) is 5.17. The highest BCUT2D eigenvalue weighted by molar-refractivity contribution is 5.85. The van der Waals surface area contributed by atoms with Gasteiger partial charge in [0.1, 0.15) is 0 Å². The quantitative estimate of drug-likeness (QED) is 0.612. The Morgan fingerprint density at radius 3 is 2.59 bits per heavy atom. The van der Waals surface area contributed by atoms with Gasteiger partial charge in [-0.15, -0.1) is 0 Å². The fourth-order valence-electron chi connectivity index (χ4n) is 2.22. The van der Waals surface area contributed by atoms with Crippen LogP contribution in [-0.2, 0) is 9.59 Å². The lowest BCUT2D eigenvalue weighted by Gasteiger charge is -2.22. The summed E-state index contributed by atoms with van der Waals surface area (Å²) in [6, 6.07) is 0.250. The van der Waals surface area contributed by atoms with Crippen molar-refractivity contribution in [1.82, 2.24) is 10.6 Å². The van der Waals surface area contributed by atoms with E-state index < -0.39 is 0 Å². The van der Waals surface area contributed by atoms with Gasteiger partial charge in [-0.05, 0) is 18.8 Å². The van der Waals surface area contributed by atoms with Crippen molar-refractivity contribution in [2.45, 2.75) is 45.1 Å². The summed E-state index contributed by atoms with van der Waals surface area (Å²) in [4.78, 5) is 22.5. The fraction of sp³-hybridized carbons (Fsp3) is 0.833. The maximum absolute atomic E-state index is 11.6. The molecule has 0 aromatic carbocycles. The summed E-state index contributed by atoms with van der Waals surface area (Å²) in [6.07, 6.45) is 5.88. The van der Waals surface area contributed by atoms with Gasteiger partial charge in [0, 0.05) is 6.04 Å². The number of rotatable bonds is 4. The molecule has 1 aliphatic carbocycles. The Bertz CT molecular complexity index is 268. The third-order valence-electron chi connectivity index (χ3n) is 3.34. The number of amides is 2. The SMILES string of the molecule is CC1CCCCCC1NC(=O)CNC(=O)CN. The van der Waals surface area contributed by atoms with Crippen molar-refractivity contribution in [3.05, 3.63) is 0 Å². The zero-order valence-corrected chi connectivity index (χ0v) is 10.5. The summed E-state index contributed by atoms with van der Waals surface area (Å²) in [5, 5.41) is 5.47. The minimum atomic E-state index is -0.297. The maximum atomic E-state index is 11.6. The van der Waals surface area contributed by atoms with Crippen LogP contribution in [0, 0.1) is 5.92 Å². The molecule has 98 valence electrons. The van der Waals surface area contributed by atoms with Crippen LogP contribution in [0.1, 0.15) is 39.0 Å². The van der Waals surface area contributed by atoms with E-state index in [1.807, 2.05) is 0 Å². The van der Waals surface area contributed by atoms with Crippen LogP contribution in [0.5, 0.6) is 0 Å². The molecule has 17 heavy (non-hydrogen) atoms. The molecule has 2 amide bonds. The van der Waals surface area contributed by atoms with E-state index in [2.05, 4.69) is 17.6 Å². The second kappa shape index (κ2) is 7.27. The second-order valence-electron chi connectivity index (χ2n) is 4.77. The van der Waals surface area contributed by atoms with Crippen molar-refractivity contribution in [3.63, 3.8) is 0 Å². The highest BCUT2D eigenvalue weighted by Gasteiger charge is 2.21. The lowest BCUT2D eigenvalue weighted by atomic mass is 9.97. The van der Waals surface area contributed by atoms with E-state index in [1.54, 1.807) is 0 Å². The number of hydrogen-bond donors (Lipinski definition) is 3. The molecule has 1 saturated carbocycles. The molecule has 5 heteroatoms. The summed E-state index contributed by atoms with van der Waals surface area (Å²) in [7, 11) is 0. The first-order valence-corrected chi connectivity index (χ1v) is 6.39. The predicted octanol–water partition coefficient (Wildman–Crippen LogP) is 0.146. The molecular weight excluding hydrogens is 218 g/mol. The third-order valence-corrected chi connectivity index (χ3v) is 3.34. The van der Waals surface area contributed by atoms with Gasteiger partial charge in [-0.1, -0.05) is 26.2 Å². The van der Waals surface area contributed by atoms with Crippen LogP contribution in [0.25, 0.3) is 0 Å². The molecule has 1 rings (SSSR count). The van der Waals surface area contributed by atoms with Crippen molar-refractivity contribution in [2.75, 3.05) is 13.1 Å². The molecule has 0 aromatic heterocycles. The molecule has 0 aliphatic heterocycles. The minimum Gasteiger partial charge on any atom is -0.352 e. The van der Waals surface area contributed by atoms with Crippen molar-refractivity contribution < 1.29 is 9.59 Å². The van der Waals surface area contributed by atoms with Crippen molar-refractivity contribution in [1.29, 1.82) is 0 Å². The van der Waals surface area contributed by atoms with Crippen molar-refractivity contribution in [3.8, 4) is 0 Å². The van der Waals surface area contributed by atoms with Gasteiger partial charge in [0.15, 0.2) is 0 Å². The van der Waals surface area contributed by atoms with Gasteiger partial charge in [-0.3, -0.25) is 9.59 Å². The van der Waals surface area contributed by atoms with Gasteiger partial charge in [0.05, 0.1) is 13.1 Å². The van der Waals surface area contributed by atoms with Crippen molar-refractivity contribution >= 4 is 11.8 Å². The van der Waals surface area contributed by atoms with E-state index in [1.165, 1.54) is 25.7 Å². The standard InChI is InChI=1S/C12H23N3O2/c1-9-5-3-2-4-6-10(9)15-12(17)8-14-11(16)7-13/h9-10H,2-8,13H2,1H3,(H,14,16)(H,15,17). The monoisotopic (exact) mass is 241 g/mol. The lowest BCUT2D eigenvalue weighted by molar-refractivity contribution is -0.126. The Morgan fingerprint density at radius 2 is 1.88 bits per heavy atom. The van der Waals surface area contributed by atoms with Crippen LogP contribution in [-0.4, -0.2) is 30.9 Å². The number of nitrogens with two attached hydrogens (primary N) is 1. The smallest absolute Gasteiger partial charge is 0.239 e. The van der Waals surface area contributed by atoms with E-state index in [4.69, 9.17) is 5.73 Å². The zero-order valence-electron chi connectivity index (χ0n) is 10.5. The molecule has 0 bridgehead atoms. The largest absolute Gasteiger partial charge is 0.352 e. The van der Waals surface area contributed by atoms with Gasteiger partial charge in [-0.2, -0.15) is 0 Å². The number of nitrogens with one attached hydrogen (secondary N) is 2. The summed E-state index contributed by atoms with van der Waals surface area (Å²) >= 11 is 0. The van der Waals surface area contributed by atoms with Crippen LogP contribution in [0.15, 0.2) is 0 Å². The summed E-state index contributed by atoms with van der Waals surface area (Å²) < 4.78 is 0. The summed E-state index contributed by atoms with van der Waals surface area (Å²) in [5.74, 6) is 0.103. The van der Waals surface area contributed by atoms with E-state index in [9.17, 15) is 9.59 Å². The van der Waals surface area contributed by atoms with Gasteiger partial charge in [0.25, 0.3) is 0 Å². The predicted molar refractivity (Wildman–Crippen MR) is 66.2 cm³/mol. The van der Waals surface area contributed by atoms with E-state index in [0.717, 1.165) is 6.42 Å². The molecule has 5 nitrogen and oxygen atoms in total. The molecule has 1 aliphatic rings. The van der Waals surface area contributed by atoms with Crippen LogP contribution >= 0.6 is 0 Å². The van der Waals surface area contributed by atoms with E-state index >= 15 is 0 Å². The number of carbonyl (C=O) groups is 2. The second-order valence-corrected chi connectivity index (χ2v) is 4.77. The Balaban J connectivity index is 2.30. The lowest BCUT2D eigenvalue weighted by Crippen LogP contribution is -2.45. The highest BCUT2D eigenvalue weighted by Crippen LogP contribution is 2.22. The van der Waals surface area contributed by atoms with Gasteiger partial charge < -0.3 is 16.4 Å². The van der Waals surface area contributed by atoms with Crippen LogP contribution in [0.2, 0.25) is 0 Å². The summed E-state index contributed by atoms with van der Waals surface area (Å²) in [6.45, 7) is 2.13. The molecule has 0 heterocycles. The van der Waals surface area contributed by atoms with Crippen molar-refractivity contribution in [2.24, 2.45) is 11.7 Å². The Kier molecular flexibility index (Phi) is 5.97. The molecule has 2 atom stereocenters. The molecule has 0 saturated heterocycles. The van der Waals surface area contributed by atoms with Crippen LogP contribution in [0.3, 0.4) is 0 Å². The fourth-order valence-corrected chi connectivity index (χ4v) is 2.22. The van der Waals surface area contributed by atoms with Crippen LogP contribution in [0.4, 0.5) is 0 Å². The molecule has 0 spiro atoms. The average molecular weight is 241 g/mol. The number of carbonyl (C=O) groups excluding carboxylic acids is 2. The van der Waals surface area contributed by atoms with Gasteiger partial charge >= 0.3 is 0 Å². The first-order chi connectivity index (χ1) is 8.13. The zero-order chi connectivity index (χ0) is 12.7. The van der Waals surface area contributed by atoms with Crippen LogP contribution < -0.4 is 16.4 Å². The molecule has 4 N–H and O–H groups in total. The Morgan fingerprint density at radius 1 is 1.18 bits per heavy atom. The normalized spacial score (nSPS) is 24.8. The Hall–Kier alpha value is -1.10. The van der Waals surface area contributed by atoms with Gasteiger partial charge in [0.2, 0.25) is 11.8 Å². The molecule has 1 fully saturated rings. The van der Waals surface area contributed by atoms with Gasteiger partial charge in [-0.25, -0.2) is 0 Å². The maximum Gasteiger partial charge on any atom is 0.239 e. The summed E-state index contributed by atoms with van der Waals surface area (Å²) in [5.41, 5.74) is 5.14. The Labute approximate surface area is 103 Å². The number of hydrogen-bond acceptors (Lipinski definition) is 3. The van der Waals surface area contributed by atoms with E-state index in [0.29, 0.717) is 5.92 Å². The first kappa shape index (κ1) is 14.0. The topological polar surface area (TPSA) is 84.2 Å². The molecule has 2 unspecified atom stereocenters. The molecular formula is C12H23N3O2. The average Bonchev–Trinajstić information content (AvgIpc) is 2.52. The molecule has 0 aromatic rings. The highest BCUT2D eigenvalue weighted by atomic mass is 16.2. The minimum absolute atomic E-state index is 0.0270.